The predicted octanol–water partition coefficient (Wildman–Crippen LogP) is 3.10. The molecule has 0 atom stereocenters. The first kappa shape index (κ1) is 11.5. The molecule has 0 fully saturated rings. The standard InChI is InChI=1S/C11H9F3N2O/c1-17-10-7(9-5-15-6-16-9)3-2-4-8(10)11(12,13)14/h2-6H,1H3,(H,15,16). The van der Waals surface area contributed by atoms with Gasteiger partial charge >= 0.3 is 6.18 Å². The lowest BCUT2D eigenvalue weighted by Gasteiger charge is -2.14. The van der Waals surface area contributed by atoms with Gasteiger partial charge in [-0.25, -0.2) is 4.98 Å². The minimum atomic E-state index is -4.44. The lowest BCUT2D eigenvalue weighted by atomic mass is 10.1. The molecule has 0 aliphatic rings. The minimum Gasteiger partial charge on any atom is -0.495 e. The van der Waals surface area contributed by atoms with E-state index in [1.54, 1.807) is 6.07 Å². The number of nitrogens with one attached hydrogen (secondary N) is 1. The summed E-state index contributed by atoms with van der Waals surface area (Å²) in [6, 6.07) is 3.86. The van der Waals surface area contributed by atoms with Crippen LogP contribution in [0.2, 0.25) is 0 Å². The summed E-state index contributed by atoms with van der Waals surface area (Å²) >= 11 is 0. The van der Waals surface area contributed by atoms with Gasteiger partial charge in [0.1, 0.15) is 5.75 Å². The first-order valence-corrected chi connectivity index (χ1v) is 4.77. The molecule has 0 aliphatic heterocycles. The van der Waals surface area contributed by atoms with Crippen LogP contribution in [0.3, 0.4) is 0 Å². The van der Waals surface area contributed by atoms with E-state index in [2.05, 4.69) is 9.97 Å². The lowest BCUT2D eigenvalue weighted by molar-refractivity contribution is -0.138. The van der Waals surface area contributed by atoms with Gasteiger partial charge in [-0.15, -0.1) is 0 Å². The number of aromatic nitrogens is 2. The van der Waals surface area contributed by atoms with E-state index in [0.717, 1.165) is 6.07 Å². The summed E-state index contributed by atoms with van der Waals surface area (Å²) in [5, 5.41) is 0. The average Bonchev–Trinajstić information content (AvgIpc) is 2.80. The van der Waals surface area contributed by atoms with Crippen LogP contribution in [0, 0.1) is 0 Å². The molecular formula is C11H9F3N2O. The summed E-state index contributed by atoms with van der Waals surface area (Å²) in [7, 11) is 1.21. The fraction of sp³-hybridized carbons (Fsp3) is 0.182. The quantitative estimate of drug-likeness (QED) is 0.878. The molecule has 0 radical (unpaired) electrons. The largest absolute Gasteiger partial charge is 0.495 e. The van der Waals surface area contributed by atoms with E-state index < -0.39 is 11.7 Å². The van der Waals surface area contributed by atoms with Gasteiger partial charge in [0, 0.05) is 5.56 Å². The van der Waals surface area contributed by atoms with E-state index in [0.29, 0.717) is 11.3 Å². The molecule has 0 aliphatic carbocycles. The van der Waals surface area contributed by atoms with Crippen LogP contribution in [0.1, 0.15) is 5.56 Å². The molecule has 17 heavy (non-hydrogen) atoms. The van der Waals surface area contributed by atoms with Crippen molar-refractivity contribution in [1.29, 1.82) is 0 Å². The number of nitrogens with zero attached hydrogens (tertiary/aromatic N) is 1. The Morgan fingerprint density at radius 2 is 2.06 bits per heavy atom. The zero-order chi connectivity index (χ0) is 12.5. The monoisotopic (exact) mass is 242 g/mol. The molecular weight excluding hydrogens is 233 g/mol. The van der Waals surface area contributed by atoms with E-state index in [9.17, 15) is 13.2 Å². The molecule has 0 amide bonds. The van der Waals surface area contributed by atoms with Crippen molar-refractivity contribution in [2.45, 2.75) is 6.18 Å². The first-order chi connectivity index (χ1) is 8.04. The second-order valence-electron chi connectivity index (χ2n) is 3.35. The van der Waals surface area contributed by atoms with Crippen molar-refractivity contribution >= 4 is 0 Å². The molecule has 0 unspecified atom stereocenters. The van der Waals surface area contributed by atoms with Gasteiger partial charge < -0.3 is 9.72 Å². The van der Waals surface area contributed by atoms with E-state index in [4.69, 9.17) is 4.74 Å². The highest BCUT2D eigenvalue weighted by Gasteiger charge is 2.35. The third-order valence-corrected chi connectivity index (χ3v) is 2.31. The highest BCUT2D eigenvalue weighted by atomic mass is 19.4. The maximum Gasteiger partial charge on any atom is 0.419 e. The zero-order valence-corrected chi connectivity index (χ0v) is 8.88. The molecule has 1 N–H and O–H groups in total. The number of hydrogen-bond donors (Lipinski definition) is 1. The summed E-state index contributed by atoms with van der Waals surface area (Å²) in [5.74, 6) is -0.204. The maximum atomic E-state index is 12.8. The SMILES string of the molecule is COc1c(-c2cnc[nH]2)cccc1C(F)(F)F. The van der Waals surface area contributed by atoms with Gasteiger partial charge in [0.25, 0.3) is 0 Å². The maximum absolute atomic E-state index is 12.8. The third kappa shape index (κ3) is 2.11. The highest BCUT2D eigenvalue weighted by molar-refractivity contribution is 5.69. The Labute approximate surface area is 95.3 Å². The normalized spacial score (nSPS) is 11.5. The Morgan fingerprint density at radius 1 is 1.29 bits per heavy atom. The number of rotatable bonds is 2. The average molecular weight is 242 g/mol. The second kappa shape index (κ2) is 4.12. The Balaban J connectivity index is 2.62. The molecule has 0 saturated carbocycles. The van der Waals surface area contributed by atoms with Crippen LogP contribution in [0.4, 0.5) is 13.2 Å². The Bertz CT molecular complexity index is 506. The molecule has 3 nitrogen and oxygen atoms in total. The molecule has 1 heterocycles. The van der Waals surface area contributed by atoms with Gasteiger partial charge in [0.05, 0.1) is 30.9 Å². The Hall–Kier alpha value is -1.98. The summed E-state index contributed by atoms with van der Waals surface area (Å²) in [6.45, 7) is 0. The smallest absolute Gasteiger partial charge is 0.419 e. The van der Waals surface area contributed by atoms with Crippen LogP contribution >= 0.6 is 0 Å². The van der Waals surface area contributed by atoms with Gasteiger partial charge in [-0.05, 0) is 12.1 Å². The molecule has 1 aromatic heterocycles. The van der Waals surface area contributed by atoms with Crippen LogP contribution < -0.4 is 4.74 Å². The number of ether oxygens (including phenoxy) is 1. The number of para-hydroxylation sites is 1. The third-order valence-electron chi connectivity index (χ3n) is 2.31. The Morgan fingerprint density at radius 3 is 2.59 bits per heavy atom. The van der Waals surface area contributed by atoms with Crippen LogP contribution in [-0.4, -0.2) is 17.1 Å². The molecule has 2 aromatic rings. The number of H-pyrrole nitrogens is 1. The van der Waals surface area contributed by atoms with Crippen molar-refractivity contribution in [3.05, 3.63) is 36.3 Å². The number of benzene rings is 1. The number of aromatic amines is 1. The van der Waals surface area contributed by atoms with E-state index in [1.807, 2.05) is 0 Å². The van der Waals surface area contributed by atoms with E-state index in [-0.39, 0.29) is 5.75 Å². The van der Waals surface area contributed by atoms with Crippen molar-refractivity contribution in [3.63, 3.8) is 0 Å². The summed E-state index contributed by atoms with van der Waals surface area (Å²) in [4.78, 5) is 6.52. The predicted molar refractivity (Wildman–Crippen MR) is 55.6 cm³/mol. The van der Waals surface area contributed by atoms with Crippen molar-refractivity contribution in [1.82, 2.24) is 9.97 Å². The van der Waals surface area contributed by atoms with Crippen molar-refractivity contribution in [3.8, 4) is 17.0 Å². The number of halogens is 3. The fourth-order valence-electron chi connectivity index (χ4n) is 1.60. The van der Waals surface area contributed by atoms with Crippen LogP contribution in [0.5, 0.6) is 5.75 Å². The number of alkyl halides is 3. The minimum absolute atomic E-state index is 0.204. The zero-order valence-electron chi connectivity index (χ0n) is 8.88. The van der Waals surface area contributed by atoms with Crippen LogP contribution in [-0.2, 0) is 6.18 Å². The van der Waals surface area contributed by atoms with Gasteiger partial charge in [-0.1, -0.05) is 6.07 Å². The van der Waals surface area contributed by atoms with Gasteiger partial charge in [0.2, 0.25) is 0 Å². The fourth-order valence-corrected chi connectivity index (χ4v) is 1.60. The summed E-state index contributed by atoms with van der Waals surface area (Å²) in [5.41, 5.74) is 0.0138. The first-order valence-electron chi connectivity index (χ1n) is 4.77. The van der Waals surface area contributed by atoms with Crippen LogP contribution in [0.15, 0.2) is 30.7 Å². The van der Waals surface area contributed by atoms with Gasteiger partial charge in [0.15, 0.2) is 0 Å². The van der Waals surface area contributed by atoms with Crippen molar-refractivity contribution in [2.24, 2.45) is 0 Å². The molecule has 2 rings (SSSR count). The Kier molecular flexibility index (Phi) is 2.79. The molecule has 0 bridgehead atoms. The number of hydrogen-bond acceptors (Lipinski definition) is 2. The van der Waals surface area contributed by atoms with E-state index >= 15 is 0 Å². The molecule has 0 spiro atoms. The molecule has 90 valence electrons. The molecule has 1 aromatic carbocycles. The van der Waals surface area contributed by atoms with Crippen LogP contribution in [0.25, 0.3) is 11.3 Å². The summed E-state index contributed by atoms with van der Waals surface area (Å²) in [6.07, 6.45) is -1.60. The second-order valence-corrected chi connectivity index (χ2v) is 3.35. The van der Waals surface area contributed by atoms with Gasteiger partial charge in [-0.3, -0.25) is 0 Å². The summed E-state index contributed by atoms with van der Waals surface area (Å²) < 4.78 is 43.1. The van der Waals surface area contributed by atoms with E-state index in [1.165, 1.54) is 25.7 Å². The lowest BCUT2D eigenvalue weighted by Crippen LogP contribution is -2.08. The molecule has 6 heteroatoms. The topological polar surface area (TPSA) is 37.9 Å². The highest BCUT2D eigenvalue weighted by Crippen LogP contribution is 2.41. The van der Waals surface area contributed by atoms with Crippen molar-refractivity contribution in [2.75, 3.05) is 7.11 Å². The molecule has 0 saturated heterocycles. The number of methoxy groups -OCH3 is 1. The van der Waals surface area contributed by atoms with Crippen molar-refractivity contribution < 1.29 is 17.9 Å². The number of imidazole rings is 1. The van der Waals surface area contributed by atoms with Gasteiger partial charge in [-0.2, -0.15) is 13.2 Å².